The number of amides is 4. The van der Waals surface area contributed by atoms with E-state index in [1.165, 1.54) is 0 Å². The van der Waals surface area contributed by atoms with E-state index in [9.17, 15) is 14.4 Å². The van der Waals surface area contributed by atoms with Crippen molar-refractivity contribution in [3.63, 3.8) is 0 Å². The molecule has 1 aromatic carbocycles. The maximum atomic E-state index is 12.7. The Morgan fingerprint density at radius 2 is 1.67 bits per heavy atom. The molecule has 1 saturated heterocycles. The minimum atomic E-state index is -0.730. The molecule has 1 aliphatic carbocycles. The smallest absolute Gasteiger partial charge is 0.277 e. The summed E-state index contributed by atoms with van der Waals surface area (Å²) in [5.41, 5.74) is 1.56. The molecule has 1 saturated carbocycles. The van der Waals surface area contributed by atoms with Gasteiger partial charge in [0, 0.05) is 0 Å². The van der Waals surface area contributed by atoms with Gasteiger partial charge in [-0.1, -0.05) is 30.5 Å². The first kappa shape index (κ1) is 13.8. The van der Waals surface area contributed by atoms with Gasteiger partial charge in [0.1, 0.15) is 5.92 Å². The number of nitrogens with one attached hydrogen (secondary N) is 1. The third-order valence-corrected chi connectivity index (χ3v) is 4.37. The van der Waals surface area contributed by atoms with Crippen LogP contribution in [-0.4, -0.2) is 17.8 Å². The zero-order valence-corrected chi connectivity index (χ0v) is 12.0. The molecule has 5 heteroatoms. The van der Waals surface area contributed by atoms with Crippen LogP contribution in [-0.2, 0) is 9.59 Å². The fourth-order valence-electron chi connectivity index (χ4n) is 3.24. The van der Waals surface area contributed by atoms with Crippen LogP contribution in [0, 0.1) is 18.8 Å². The van der Waals surface area contributed by atoms with Gasteiger partial charge in [0.25, 0.3) is 0 Å². The molecule has 2 fully saturated rings. The lowest BCUT2D eigenvalue weighted by atomic mass is 9.87. The minimum Gasteiger partial charge on any atom is -0.277 e. The molecule has 0 radical (unpaired) electrons. The van der Waals surface area contributed by atoms with Crippen molar-refractivity contribution in [1.82, 2.24) is 5.32 Å². The quantitative estimate of drug-likeness (QED) is 0.849. The summed E-state index contributed by atoms with van der Waals surface area (Å²) < 4.78 is 0. The van der Waals surface area contributed by atoms with Gasteiger partial charge in [-0.25, -0.2) is 9.69 Å². The first-order valence-corrected chi connectivity index (χ1v) is 7.33. The molecule has 4 amide bonds. The van der Waals surface area contributed by atoms with Gasteiger partial charge >= 0.3 is 6.03 Å². The average molecular weight is 286 g/mol. The Hall–Kier alpha value is -2.17. The van der Waals surface area contributed by atoms with Crippen LogP contribution in [0.1, 0.15) is 31.2 Å². The number of imide groups is 2. The van der Waals surface area contributed by atoms with Gasteiger partial charge in [-0.05, 0) is 37.8 Å². The Bertz CT molecular complexity index is 588. The summed E-state index contributed by atoms with van der Waals surface area (Å²) in [6.45, 7) is 1.94. The summed E-state index contributed by atoms with van der Waals surface area (Å²) in [7, 11) is 0. The molecule has 3 rings (SSSR count). The zero-order valence-electron chi connectivity index (χ0n) is 12.0. The predicted molar refractivity (Wildman–Crippen MR) is 77.7 cm³/mol. The van der Waals surface area contributed by atoms with E-state index in [1.54, 1.807) is 12.1 Å². The van der Waals surface area contributed by atoms with Crippen molar-refractivity contribution < 1.29 is 14.4 Å². The lowest BCUT2D eigenvalue weighted by Gasteiger charge is -2.32. The summed E-state index contributed by atoms with van der Waals surface area (Å²) in [6, 6.07) is 6.50. The lowest BCUT2D eigenvalue weighted by Crippen LogP contribution is -2.59. The second-order valence-electron chi connectivity index (χ2n) is 5.83. The van der Waals surface area contributed by atoms with Gasteiger partial charge in [-0.3, -0.25) is 14.9 Å². The molecule has 1 unspecified atom stereocenters. The summed E-state index contributed by atoms with van der Waals surface area (Å²) in [6.07, 6.45) is 3.83. The number of carbonyl (C=O) groups excluding carboxylic acids is 3. The monoisotopic (exact) mass is 286 g/mol. The standard InChI is InChI=1S/C16H18N2O3/c1-10-6-8-12(9-7-10)18-15(20)13(11-4-2-3-5-11)14(19)17-16(18)21/h6-9,11,13H,2-5H2,1H3,(H,17,19,21). The molecule has 110 valence electrons. The van der Waals surface area contributed by atoms with Gasteiger partial charge in [-0.2, -0.15) is 0 Å². The van der Waals surface area contributed by atoms with Gasteiger partial charge in [-0.15, -0.1) is 0 Å². The van der Waals surface area contributed by atoms with Gasteiger partial charge < -0.3 is 0 Å². The van der Waals surface area contributed by atoms with Crippen molar-refractivity contribution in [3.05, 3.63) is 29.8 Å². The third kappa shape index (κ3) is 2.44. The van der Waals surface area contributed by atoms with Crippen molar-refractivity contribution in [3.8, 4) is 0 Å². The lowest BCUT2D eigenvalue weighted by molar-refractivity contribution is -0.136. The molecule has 1 heterocycles. The first-order chi connectivity index (χ1) is 10.1. The molecule has 1 atom stereocenters. The number of carbonyl (C=O) groups is 3. The van der Waals surface area contributed by atoms with Crippen molar-refractivity contribution >= 4 is 23.5 Å². The molecule has 0 spiro atoms. The zero-order chi connectivity index (χ0) is 15.0. The van der Waals surface area contributed by atoms with E-state index in [2.05, 4.69) is 5.32 Å². The topological polar surface area (TPSA) is 66.5 Å². The number of rotatable bonds is 2. The molecular formula is C16H18N2O3. The number of anilines is 1. The number of hydrogen-bond acceptors (Lipinski definition) is 3. The number of benzene rings is 1. The van der Waals surface area contributed by atoms with Gasteiger partial charge in [0.2, 0.25) is 11.8 Å². The van der Waals surface area contributed by atoms with E-state index in [0.717, 1.165) is 36.1 Å². The van der Waals surface area contributed by atoms with Crippen LogP contribution in [0.15, 0.2) is 24.3 Å². The number of barbiturate groups is 1. The highest BCUT2D eigenvalue weighted by atomic mass is 16.2. The molecular weight excluding hydrogens is 268 g/mol. The van der Waals surface area contributed by atoms with Crippen LogP contribution in [0.25, 0.3) is 0 Å². The van der Waals surface area contributed by atoms with E-state index >= 15 is 0 Å². The summed E-state index contributed by atoms with van der Waals surface area (Å²) in [5.74, 6) is -1.51. The highest BCUT2D eigenvalue weighted by Crippen LogP contribution is 2.35. The highest BCUT2D eigenvalue weighted by Gasteiger charge is 2.45. The summed E-state index contributed by atoms with van der Waals surface area (Å²) >= 11 is 0. The van der Waals surface area contributed by atoms with Crippen molar-refractivity contribution in [2.45, 2.75) is 32.6 Å². The molecule has 1 N–H and O–H groups in total. The van der Waals surface area contributed by atoms with E-state index < -0.39 is 17.9 Å². The van der Waals surface area contributed by atoms with E-state index in [1.807, 2.05) is 19.1 Å². The Morgan fingerprint density at radius 3 is 2.29 bits per heavy atom. The fraction of sp³-hybridized carbons (Fsp3) is 0.438. The van der Waals surface area contributed by atoms with Crippen LogP contribution < -0.4 is 10.2 Å². The van der Waals surface area contributed by atoms with E-state index in [0.29, 0.717) is 5.69 Å². The largest absolute Gasteiger partial charge is 0.335 e. The fourth-order valence-corrected chi connectivity index (χ4v) is 3.24. The summed E-state index contributed by atoms with van der Waals surface area (Å²) in [5, 5.41) is 2.33. The molecule has 0 bridgehead atoms. The first-order valence-electron chi connectivity index (χ1n) is 7.33. The van der Waals surface area contributed by atoms with Crippen LogP contribution in [0.5, 0.6) is 0 Å². The molecule has 1 aliphatic heterocycles. The second kappa shape index (κ2) is 5.31. The van der Waals surface area contributed by atoms with Crippen molar-refractivity contribution in [1.29, 1.82) is 0 Å². The van der Waals surface area contributed by atoms with E-state index in [4.69, 9.17) is 0 Å². The van der Waals surface area contributed by atoms with Crippen LogP contribution >= 0.6 is 0 Å². The van der Waals surface area contributed by atoms with E-state index in [-0.39, 0.29) is 11.8 Å². The predicted octanol–water partition coefficient (Wildman–Crippen LogP) is 2.38. The number of aryl methyl sites for hydroxylation is 1. The maximum Gasteiger partial charge on any atom is 0.335 e. The average Bonchev–Trinajstić information content (AvgIpc) is 2.94. The molecule has 2 aliphatic rings. The Kier molecular flexibility index (Phi) is 3.49. The molecule has 5 nitrogen and oxygen atoms in total. The molecule has 0 aromatic heterocycles. The van der Waals surface area contributed by atoms with Crippen LogP contribution in [0.3, 0.4) is 0 Å². The number of hydrogen-bond donors (Lipinski definition) is 1. The van der Waals surface area contributed by atoms with Crippen LogP contribution in [0.4, 0.5) is 10.5 Å². The number of nitrogens with zero attached hydrogens (tertiary/aromatic N) is 1. The number of urea groups is 1. The second-order valence-corrected chi connectivity index (χ2v) is 5.83. The summed E-state index contributed by atoms with van der Waals surface area (Å²) in [4.78, 5) is 37.9. The molecule has 1 aromatic rings. The minimum absolute atomic E-state index is 0.0542. The Balaban J connectivity index is 1.92. The van der Waals surface area contributed by atoms with Crippen molar-refractivity contribution in [2.75, 3.05) is 4.90 Å². The molecule has 21 heavy (non-hydrogen) atoms. The van der Waals surface area contributed by atoms with Gasteiger partial charge in [0.15, 0.2) is 0 Å². The Morgan fingerprint density at radius 1 is 1.05 bits per heavy atom. The van der Waals surface area contributed by atoms with Crippen molar-refractivity contribution in [2.24, 2.45) is 11.8 Å². The SMILES string of the molecule is Cc1ccc(N2C(=O)NC(=O)C(C3CCCC3)C2=O)cc1. The van der Waals surface area contributed by atoms with Gasteiger partial charge in [0.05, 0.1) is 5.69 Å². The maximum absolute atomic E-state index is 12.7. The third-order valence-electron chi connectivity index (χ3n) is 4.37. The normalized spacial score (nSPS) is 23.6. The Labute approximate surface area is 123 Å². The highest BCUT2D eigenvalue weighted by molar-refractivity contribution is 6.27. The van der Waals surface area contributed by atoms with Crippen LogP contribution in [0.2, 0.25) is 0 Å².